The highest BCUT2D eigenvalue weighted by Gasteiger charge is 2.23. The maximum atomic E-state index is 5.66. The number of H-pyrrole nitrogens is 1. The summed E-state index contributed by atoms with van der Waals surface area (Å²) >= 11 is 5.28. The zero-order valence-electron chi connectivity index (χ0n) is 9.30. The summed E-state index contributed by atoms with van der Waals surface area (Å²) < 4.78 is 8.23. The van der Waals surface area contributed by atoms with Crippen molar-refractivity contribution in [3.8, 4) is 5.69 Å². The van der Waals surface area contributed by atoms with Gasteiger partial charge >= 0.3 is 0 Å². The Bertz CT molecular complexity index is 555. The van der Waals surface area contributed by atoms with Crippen molar-refractivity contribution in [2.24, 2.45) is 0 Å². The molecule has 5 heteroatoms. The van der Waals surface area contributed by atoms with Crippen molar-refractivity contribution in [1.82, 2.24) is 14.8 Å². The van der Waals surface area contributed by atoms with Crippen LogP contribution in [-0.2, 0) is 4.74 Å². The fraction of sp³-hybridized carbons (Fsp3) is 0.333. The van der Waals surface area contributed by atoms with Crippen molar-refractivity contribution in [3.05, 3.63) is 40.9 Å². The molecule has 1 aliphatic heterocycles. The van der Waals surface area contributed by atoms with Crippen LogP contribution in [0.4, 0.5) is 0 Å². The third-order valence-corrected chi connectivity index (χ3v) is 3.20. The molecule has 4 nitrogen and oxygen atoms in total. The number of rotatable bonds is 2. The summed E-state index contributed by atoms with van der Waals surface area (Å²) in [5, 5.41) is 7.14. The van der Waals surface area contributed by atoms with E-state index in [9.17, 15) is 0 Å². The van der Waals surface area contributed by atoms with Gasteiger partial charge in [0.25, 0.3) is 0 Å². The molecule has 1 aromatic carbocycles. The second kappa shape index (κ2) is 4.43. The van der Waals surface area contributed by atoms with Crippen molar-refractivity contribution in [3.63, 3.8) is 0 Å². The lowest BCUT2D eigenvalue weighted by Gasteiger charge is -2.11. The van der Waals surface area contributed by atoms with Crippen LogP contribution in [0.3, 0.4) is 0 Å². The topological polar surface area (TPSA) is 42.8 Å². The number of aromatic amines is 1. The van der Waals surface area contributed by atoms with E-state index in [1.807, 2.05) is 34.9 Å². The SMILES string of the molecule is S=c1[nH]nc(C2CCCO2)n1-c1ccccc1. The van der Waals surface area contributed by atoms with Gasteiger partial charge in [0.05, 0.1) is 0 Å². The van der Waals surface area contributed by atoms with Gasteiger partial charge in [-0.1, -0.05) is 18.2 Å². The van der Waals surface area contributed by atoms with E-state index >= 15 is 0 Å². The summed E-state index contributed by atoms with van der Waals surface area (Å²) in [5.41, 5.74) is 1.02. The molecule has 0 aliphatic carbocycles. The smallest absolute Gasteiger partial charge is 0.199 e. The van der Waals surface area contributed by atoms with Gasteiger partial charge in [0.2, 0.25) is 0 Å². The highest BCUT2D eigenvalue weighted by Crippen LogP contribution is 2.28. The highest BCUT2D eigenvalue weighted by molar-refractivity contribution is 7.71. The first-order valence-corrected chi connectivity index (χ1v) is 6.11. The van der Waals surface area contributed by atoms with E-state index in [0.717, 1.165) is 31.0 Å². The Morgan fingerprint density at radius 2 is 2.18 bits per heavy atom. The molecule has 0 saturated carbocycles. The fourth-order valence-electron chi connectivity index (χ4n) is 2.13. The second-order valence-electron chi connectivity index (χ2n) is 4.06. The van der Waals surface area contributed by atoms with Gasteiger partial charge < -0.3 is 4.74 Å². The molecule has 1 N–H and O–H groups in total. The lowest BCUT2D eigenvalue weighted by molar-refractivity contribution is 0.103. The molecule has 0 bridgehead atoms. The molecule has 1 saturated heterocycles. The van der Waals surface area contributed by atoms with E-state index in [-0.39, 0.29) is 6.10 Å². The second-order valence-corrected chi connectivity index (χ2v) is 4.45. The summed E-state index contributed by atoms with van der Waals surface area (Å²) in [4.78, 5) is 0. The molecule has 1 aromatic heterocycles. The van der Waals surface area contributed by atoms with Gasteiger partial charge in [-0.2, -0.15) is 5.10 Å². The Morgan fingerprint density at radius 1 is 1.35 bits per heavy atom. The van der Waals surface area contributed by atoms with Crippen LogP contribution < -0.4 is 0 Å². The van der Waals surface area contributed by atoms with Crippen molar-refractivity contribution >= 4 is 12.2 Å². The van der Waals surface area contributed by atoms with E-state index in [0.29, 0.717) is 4.77 Å². The molecule has 1 aliphatic rings. The van der Waals surface area contributed by atoms with Gasteiger partial charge in [0.15, 0.2) is 10.6 Å². The van der Waals surface area contributed by atoms with Gasteiger partial charge in [-0.05, 0) is 37.2 Å². The molecular formula is C12H13N3OS. The largest absolute Gasteiger partial charge is 0.370 e. The van der Waals surface area contributed by atoms with Gasteiger partial charge in [0.1, 0.15) is 6.10 Å². The predicted molar refractivity (Wildman–Crippen MR) is 66.7 cm³/mol. The van der Waals surface area contributed by atoms with Crippen molar-refractivity contribution < 1.29 is 4.74 Å². The molecule has 2 aromatic rings. The molecular weight excluding hydrogens is 234 g/mol. The van der Waals surface area contributed by atoms with Crippen LogP contribution in [0.1, 0.15) is 24.8 Å². The van der Waals surface area contributed by atoms with Crippen LogP contribution in [0.15, 0.2) is 30.3 Å². The predicted octanol–water partition coefficient (Wildman–Crippen LogP) is 2.78. The van der Waals surface area contributed by atoms with Crippen molar-refractivity contribution in [2.75, 3.05) is 6.61 Å². The maximum absolute atomic E-state index is 5.66. The van der Waals surface area contributed by atoms with Gasteiger partial charge in [-0.3, -0.25) is 9.67 Å². The number of nitrogens with zero attached hydrogens (tertiary/aromatic N) is 2. The first-order valence-electron chi connectivity index (χ1n) is 5.70. The Balaban J connectivity index is 2.09. The minimum absolute atomic E-state index is 0.0585. The van der Waals surface area contributed by atoms with Crippen LogP contribution in [0.25, 0.3) is 5.69 Å². The molecule has 1 atom stereocenters. The molecule has 2 heterocycles. The molecule has 0 spiro atoms. The summed E-state index contributed by atoms with van der Waals surface area (Å²) in [5.74, 6) is 0.874. The van der Waals surface area contributed by atoms with E-state index in [2.05, 4.69) is 10.2 Å². The number of aromatic nitrogens is 3. The van der Waals surface area contributed by atoms with Crippen LogP contribution in [0.2, 0.25) is 0 Å². The molecule has 1 unspecified atom stereocenters. The Hall–Kier alpha value is -1.46. The normalized spacial score (nSPS) is 19.6. The van der Waals surface area contributed by atoms with Crippen LogP contribution >= 0.6 is 12.2 Å². The van der Waals surface area contributed by atoms with Gasteiger partial charge in [-0.25, -0.2) is 0 Å². The summed E-state index contributed by atoms with van der Waals surface area (Å²) in [6, 6.07) is 10.00. The standard InChI is InChI=1S/C12H13N3OS/c17-12-14-13-11(10-7-4-8-16-10)15(12)9-5-2-1-3-6-9/h1-3,5-6,10H,4,7-8H2,(H,14,17). The summed E-state index contributed by atoms with van der Waals surface area (Å²) in [6.45, 7) is 0.805. The third kappa shape index (κ3) is 1.92. The molecule has 3 rings (SSSR count). The van der Waals surface area contributed by atoms with Crippen LogP contribution in [0.5, 0.6) is 0 Å². The van der Waals surface area contributed by atoms with Gasteiger partial charge in [0, 0.05) is 12.3 Å². The van der Waals surface area contributed by atoms with Crippen molar-refractivity contribution in [2.45, 2.75) is 18.9 Å². The number of nitrogens with one attached hydrogen (secondary N) is 1. The van der Waals surface area contributed by atoms with E-state index in [1.54, 1.807) is 0 Å². The molecule has 0 amide bonds. The average Bonchev–Trinajstić information content (AvgIpc) is 2.98. The lowest BCUT2D eigenvalue weighted by Crippen LogP contribution is -2.06. The number of ether oxygens (including phenoxy) is 1. The highest BCUT2D eigenvalue weighted by atomic mass is 32.1. The maximum Gasteiger partial charge on any atom is 0.199 e. The molecule has 88 valence electrons. The first kappa shape index (κ1) is 10.7. The number of benzene rings is 1. The quantitative estimate of drug-likeness (QED) is 0.830. The van der Waals surface area contributed by atoms with Crippen molar-refractivity contribution in [1.29, 1.82) is 0 Å². The first-order chi connectivity index (χ1) is 8.36. The zero-order valence-corrected chi connectivity index (χ0v) is 10.1. The Morgan fingerprint density at radius 3 is 2.88 bits per heavy atom. The monoisotopic (exact) mass is 247 g/mol. The number of para-hydroxylation sites is 1. The van der Waals surface area contributed by atoms with E-state index in [1.165, 1.54) is 0 Å². The van der Waals surface area contributed by atoms with Crippen LogP contribution in [-0.4, -0.2) is 21.4 Å². The van der Waals surface area contributed by atoms with Crippen LogP contribution in [0, 0.1) is 4.77 Å². The third-order valence-electron chi connectivity index (χ3n) is 2.93. The average molecular weight is 247 g/mol. The summed E-state index contributed by atoms with van der Waals surface area (Å²) in [6.07, 6.45) is 2.15. The lowest BCUT2D eigenvalue weighted by atomic mass is 10.2. The number of hydrogen-bond donors (Lipinski definition) is 1. The minimum Gasteiger partial charge on any atom is -0.370 e. The zero-order chi connectivity index (χ0) is 11.7. The molecule has 17 heavy (non-hydrogen) atoms. The number of hydrogen-bond acceptors (Lipinski definition) is 3. The molecule has 1 fully saturated rings. The van der Waals surface area contributed by atoms with Gasteiger partial charge in [-0.15, -0.1) is 0 Å². The Kier molecular flexibility index (Phi) is 2.78. The summed E-state index contributed by atoms with van der Waals surface area (Å²) in [7, 11) is 0. The van der Waals surface area contributed by atoms with E-state index < -0.39 is 0 Å². The Labute approximate surface area is 104 Å². The fourth-order valence-corrected chi connectivity index (χ4v) is 2.38. The minimum atomic E-state index is 0.0585. The molecule has 0 radical (unpaired) electrons. The van der Waals surface area contributed by atoms with E-state index in [4.69, 9.17) is 17.0 Å².